The van der Waals surface area contributed by atoms with Crippen LogP contribution in [0, 0.1) is 17.8 Å². The van der Waals surface area contributed by atoms with Gasteiger partial charge in [0, 0.05) is 19.5 Å². The van der Waals surface area contributed by atoms with Crippen molar-refractivity contribution in [1.29, 1.82) is 0 Å². The molecule has 1 fully saturated rings. The van der Waals surface area contributed by atoms with Crippen LogP contribution in [-0.4, -0.2) is 35.6 Å². The molecule has 0 aromatic heterocycles. The van der Waals surface area contributed by atoms with Crippen LogP contribution < -0.4 is 0 Å². The molecule has 1 aliphatic rings. The molecule has 0 saturated carbocycles. The molecule has 0 spiro atoms. The number of piperidine rings is 1. The Morgan fingerprint density at radius 2 is 2.18 bits per heavy atom. The fourth-order valence-electron chi connectivity index (χ4n) is 2.73. The third-order valence-corrected chi connectivity index (χ3v) is 4.11. The van der Waals surface area contributed by atoms with Gasteiger partial charge >= 0.3 is 5.97 Å². The lowest BCUT2D eigenvalue weighted by atomic mass is 9.84. The number of carboxylic acid groups (broad SMARTS) is 1. The van der Waals surface area contributed by atoms with Crippen molar-refractivity contribution in [3.8, 4) is 0 Å². The van der Waals surface area contributed by atoms with Gasteiger partial charge in [-0.25, -0.2) is 0 Å². The smallest absolute Gasteiger partial charge is 0.303 e. The van der Waals surface area contributed by atoms with Crippen molar-refractivity contribution in [3.63, 3.8) is 0 Å². The van der Waals surface area contributed by atoms with Crippen molar-refractivity contribution in [1.82, 2.24) is 4.90 Å². The molecule has 0 bridgehead atoms. The van der Waals surface area contributed by atoms with Gasteiger partial charge in [0.15, 0.2) is 0 Å². The van der Waals surface area contributed by atoms with Crippen molar-refractivity contribution >= 4 is 5.97 Å². The third-order valence-electron chi connectivity index (χ3n) is 4.11. The summed E-state index contributed by atoms with van der Waals surface area (Å²) < 4.78 is 0. The molecule has 17 heavy (non-hydrogen) atoms. The van der Waals surface area contributed by atoms with E-state index in [1.165, 1.54) is 32.4 Å². The van der Waals surface area contributed by atoms with Crippen molar-refractivity contribution in [3.05, 3.63) is 0 Å². The Hall–Kier alpha value is -0.570. The number of carbonyl (C=O) groups is 1. The van der Waals surface area contributed by atoms with E-state index in [0.29, 0.717) is 18.3 Å². The molecular weight excluding hydrogens is 214 g/mol. The predicted molar refractivity (Wildman–Crippen MR) is 70.0 cm³/mol. The molecule has 1 aliphatic heterocycles. The summed E-state index contributed by atoms with van der Waals surface area (Å²) in [7, 11) is 0. The largest absolute Gasteiger partial charge is 0.481 e. The summed E-state index contributed by atoms with van der Waals surface area (Å²) >= 11 is 0. The van der Waals surface area contributed by atoms with Gasteiger partial charge in [-0.1, -0.05) is 27.2 Å². The highest BCUT2D eigenvalue weighted by atomic mass is 16.4. The van der Waals surface area contributed by atoms with Crippen LogP contribution >= 0.6 is 0 Å². The van der Waals surface area contributed by atoms with Crippen LogP contribution in [0.2, 0.25) is 0 Å². The van der Waals surface area contributed by atoms with E-state index in [-0.39, 0.29) is 0 Å². The lowest BCUT2D eigenvalue weighted by Gasteiger charge is -2.36. The number of aliphatic carboxylic acids is 1. The Morgan fingerprint density at radius 1 is 1.47 bits per heavy atom. The maximum atomic E-state index is 10.7. The van der Waals surface area contributed by atoms with Crippen LogP contribution in [0.25, 0.3) is 0 Å². The summed E-state index contributed by atoms with van der Waals surface area (Å²) in [6, 6.07) is 0. The fraction of sp³-hybridized carbons (Fsp3) is 0.929. The molecule has 0 aromatic rings. The monoisotopic (exact) mass is 241 g/mol. The zero-order chi connectivity index (χ0) is 12.8. The van der Waals surface area contributed by atoms with E-state index >= 15 is 0 Å². The van der Waals surface area contributed by atoms with Crippen molar-refractivity contribution < 1.29 is 9.90 Å². The second kappa shape index (κ2) is 7.00. The summed E-state index contributed by atoms with van der Waals surface area (Å²) in [5.74, 6) is 0.983. The number of nitrogens with zero attached hydrogens (tertiary/aromatic N) is 1. The molecule has 3 heteroatoms. The average molecular weight is 241 g/mol. The summed E-state index contributed by atoms with van der Waals surface area (Å²) in [6.07, 6.45) is 3.98. The Bertz CT molecular complexity index is 242. The lowest BCUT2D eigenvalue weighted by molar-refractivity contribution is -0.138. The second-order valence-corrected chi connectivity index (χ2v) is 5.75. The second-order valence-electron chi connectivity index (χ2n) is 5.75. The Balaban J connectivity index is 2.40. The molecule has 3 atom stereocenters. The standard InChI is InChI=1S/C14H27NO2/c1-4-11(2)9-15-7-5-6-13(10-15)12(3)8-14(16)17/h11-13H,4-10H2,1-3H3,(H,16,17). The molecule has 1 rings (SSSR count). The van der Waals surface area contributed by atoms with Crippen LogP contribution in [-0.2, 0) is 4.79 Å². The van der Waals surface area contributed by atoms with Gasteiger partial charge in [0.05, 0.1) is 0 Å². The molecule has 100 valence electrons. The minimum absolute atomic E-state index is 0.312. The van der Waals surface area contributed by atoms with Gasteiger partial charge < -0.3 is 10.0 Å². The minimum atomic E-state index is -0.656. The van der Waals surface area contributed by atoms with E-state index in [1.807, 2.05) is 0 Å². The van der Waals surface area contributed by atoms with Crippen LogP contribution in [0.3, 0.4) is 0 Å². The Labute approximate surface area is 105 Å². The summed E-state index contributed by atoms with van der Waals surface area (Å²) in [4.78, 5) is 13.3. The Kier molecular flexibility index (Phi) is 5.96. The summed E-state index contributed by atoms with van der Waals surface area (Å²) in [6.45, 7) is 10.1. The van der Waals surface area contributed by atoms with Gasteiger partial charge in [-0.05, 0) is 37.1 Å². The highest BCUT2D eigenvalue weighted by Gasteiger charge is 2.26. The van der Waals surface area contributed by atoms with E-state index in [0.717, 1.165) is 12.5 Å². The first kappa shape index (κ1) is 14.5. The average Bonchev–Trinajstić information content (AvgIpc) is 2.28. The van der Waals surface area contributed by atoms with Gasteiger partial charge in [0.1, 0.15) is 0 Å². The topological polar surface area (TPSA) is 40.5 Å². The quantitative estimate of drug-likeness (QED) is 0.777. The van der Waals surface area contributed by atoms with E-state index in [1.54, 1.807) is 0 Å². The van der Waals surface area contributed by atoms with E-state index in [2.05, 4.69) is 25.7 Å². The molecule has 0 aromatic carbocycles. The molecule has 0 amide bonds. The highest BCUT2D eigenvalue weighted by molar-refractivity contribution is 5.66. The van der Waals surface area contributed by atoms with Crippen LogP contribution in [0.15, 0.2) is 0 Å². The first-order valence-electron chi connectivity index (χ1n) is 6.97. The van der Waals surface area contributed by atoms with Gasteiger partial charge in [-0.15, -0.1) is 0 Å². The molecule has 1 saturated heterocycles. The van der Waals surface area contributed by atoms with Crippen LogP contribution in [0.4, 0.5) is 0 Å². The van der Waals surface area contributed by atoms with Crippen LogP contribution in [0.1, 0.15) is 46.5 Å². The minimum Gasteiger partial charge on any atom is -0.481 e. The first-order chi connectivity index (χ1) is 8.02. The Morgan fingerprint density at radius 3 is 2.76 bits per heavy atom. The SMILES string of the molecule is CCC(C)CN1CCCC(C(C)CC(=O)O)C1. The third kappa shape index (κ3) is 5.07. The maximum Gasteiger partial charge on any atom is 0.303 e. The highest BCUT2D eigenvalue weighted by Crippen LogP contribution is 2.26. The molecule has 0 aliphatic carbocycles. The molecule has 3 nitrogen and oxygen atoms in total. The summed E-state index contributed by atoms with van der Waals surface area (Å²) in [5.41, 5.74) is 0. The van der Waals surface area contributed by atoms with Gasteiger partial charge in [-0.2, -0.15) is 0 Å². The van der Waals surface area contributed by atoms with Crippen molar-refractivity contribution in [2.24, 2.45) is 17.8 Å². The molecular formula is C14H27NO2. The molecule has 3 unspecified atom stereocenters. The molecule has 1 N–H and O–H groups in total. The van der Waals surface area contributed by atoms with Gasteiger partial charge in [0.2, 0.25) is 0 Å². The molecule has 1 heterocycles. The number of likely N-dealkylation sites (tertiary alicyclic amines) is 1. The molecule has 0 radical (unpaired) electrons. The van der Waals surface area contributed by atoms with E-state index in [9.17, 15) is 4.79 Å². The number of hydrogen-bond acceptors (Lipinski definition) is 2. The van der Waals surface area contributed by atoms with E-state index in [4.69, 9.17) is 5.11 Å². The van der Waals surface area contributed by atoms with Crippen molar-refractivity contribution in [2.45, 2.75) is 46.5 Å². The maximum absolute atomic E-state index is 10.7. The van der Waals surface area contributed by atoms with Crippen molar-refractivity contribution in [2.75, 3.05) is 19.6 Å². The zero-order valence-corrected chi connectivity index (χ0v) is 11.5. The normalized spacial score (nSPS) is 25.5. The van der Waals surface area contributed by atoms with Gasteiger partial charge in [-0.3, -0.25) is 4.79 Å². The fourth-order valence-corrected chi connectivity index (χ4v) is 2.73. The summed E-state index contributed by atoms with van der Waals surface area (Å²) in [5, 5.41) is 8.85. The number of hydrogen-bond donors (Lipinski definition) is 1. The lowest BCUT2D eigenvalue weighted by Crippen LogP contribution is -2.40. The van der Waals surface area contributed by atoms with Gasteiger partial charge in [0.25, 0.3) is 0 Å². The first-order valence-corrected chi connectivity index (χ1v) is 6.97. The zero-order valence-electron chi connectivity index (χ0n) is 11.5. The van der Waals surface area contributed by atoms with Crippen LogP contribution in [0.5, 0.6) is 0 Å². The van der Waals surface area contributed by atoms with E-state index < -0.39 is 5.97 Å². The number of carboxylic acids is 1. The predicted octanol–water partition coefficient (Wildman–Crippen LogP) is 2.86. The number of rotatable bonds is 6.